The lowest BCUT2D eigenvalue weighted by molar-refractivity contribution is -0.125. The van der Waals surface area contributed by atoms with E-state index < -0.39 is 11.0 Å². The number of hydrogen-bond donors (Lipinski definition) is 3. The van der Waals surface area contributed by atoms with Gasteiger partial charge in [0.1, 0.15) is 10.8 Å². The number of aromatic nitrogens is 4. The van der Waals surface area contributed by atoms with Crippen molar-refractivity contribution in [2.75, 3.05) is 11.9 Å². The molecule has 0 bridgehead atoms. The highest BCUT2D eigenvalue weighted by atomic mass is 35.5. The molecule has 0 aliphatic rings. The molecule has 0 fully saturated rings. The van der Waals surface area contributed by atoms with Crippen LogP contribution >= 0.6 is 11.6 Å². The number of rotatable bonds is 8. The van der Waals surface area contributed by atoms with Gasteiger partial charge in [-0.3, -0.25) is 14.7 Å². The zero-order chi connectivity index (χ0) is 29.5. The first-order valence-corrected chi connectivity index (χ1v) is 13.5. The van der Waals surface area contributed by atoms with Gasteiger partial charge < -0.3 is 15.4 Å². The maximum absolute atomic E-state index is 13.1. The van der Waals surface area contributed by atoms with E-state index in [2.05, 4.69) is 46.7 Å². The van der Waals surface area contributed by atoms with Gasteiger partial charge in [-0.05, 0) is 44.5 Å². The van der Waals surface area contributed by atoms with E-state index in [1.165, 1.54) is 0 Å². The standard InChI is InChI=1S/C30H37ClN6O3/c1-18-13-9-10-14-19(18)26(39)32-20-15-11-12-16-21(20)40-17-22(38)33-30(7,8)29(5,6)27-35-34-25-23(31)24(28(2,3)4)36-37(25)27/h9-16,36H,17H2,1-8H3,(H,32,39)(H,33,38). The van der Waals surface area contributed by atoms with E-state index in [0.717, 1.165) is 11.3 Å². The van der Waals surface area contributed by atoms with E-state index in [1.807, 2.05) is 52.8 Å². The summed E-state index contributed by atoms with van der Waals surface area (Å²) in [6.45, 7) is 15.7. The average molecular weight is 565 g/mol. The zero-order valence-corrected chi connectivity index (χ0v) is 25.0. The molecule has 2 heterocycles. The zero-order valence-electron chi connectivity index (χ0n) is 24.3. The van der Waals surface area contributed by atoms with E-state index in [9.17, 15) is 9.59 Å². The number of H-pyrrole nitrogens is 1. The Labute approximate surface area is 239 Å². The normalized spacial score (nSPS) is 12.4. The van der Waals surface area contributed by atoms with Gasteiger partial charge in [-0.15, -0.1) is 10.2 Å². The number of ether oxygens (including phenoxy) is 1. The molecular weight excluding hydrogens is 528 g/mol. The average Bonchev–Trinajstić information content (AvgIpc) is 3.44. The van der Waals surface area contributed by atoms with Crippen LogP contribution < -0.4 is 15.4 Å². The molecule has 0 aliphatic carbocycles. The number of amides is 2. The number of aromatic amines is 1. The Morgan fingerprint density at radius 1 is 0.975 bits per heavy atom. The van der Waals surface area contributed by atoms with Crippen LogP contribution in [0.5, 0.6) is 5.75 Å². The summed E-state index contributed by atoms with van der Waals surface area (Å²) in [6.07, 6.45) is 0. The van der Waals surface area contributed by atoms with Crippen molar-refractivity contribution in [3.63, 3.8) is 0 Å². The molecule has 0 unspecified atom stereocenters. The fraction of sp³-hybridized carbons (Fsp3) is 0.400. The molecular formula is C30H37ClN6O3. The number of hydrogen-bond acceptors (Lipinski definition) is 5. The monoisotopic (exact) mass is 564 g/mol. The van der Waals surface area contributed by atoms with Crippen LogP contribution in [0.4, 0.5) is 5.69 Å². The van der Waals surface area contributed by atoms with Gasteiger partial charge >= 0.3 is 0 Å². The van der Waals surface area contributed by atoms with Gasteiger partial charge in [-0.2, -0.15) is 0 Å². The lowest BCUT2D eigenvalue weighted by Gasteiger charge is -2.40. The molecule has 2 aromatic carbocycles. The molecule has 0 atom stereocenters. The molecule has 2 amide bonds. The summed E-state index contributed by atoms with van der Waals surface area (Å²) >= 11 is 6.62. The van der Waals surface area contributed by atoms with E-state index in [-0.39, 0.29) is 23.8 Å². The van der Waals surface area contributed by atoms with Gasteiger partial charge in [0.2, 0.25) is 0 Å². The predicted molar refractivity (Wildman–Crippen MR) is 157 cm³/mol. The summed E-state index contributed by atoms with van der Waals surface area (Å²) < 4.78 is 7.65. The van der Waals surface area contributed by atoms with E-state index in [1.54, 1.807) is 34.8 Å². The van der Waals surface area contributed by atoms with E-state index in [0.29, 0.717) is 33.5 Å². The molecule has 4 aromatic rings. The molecule has 0 aliphatic heterocycles. The Kier molecular flexibility index (Phi) is 7.73. The third kappa shape index (κ3) is 5.56. The minimum Gasteiger partial charge on any atom is -0.482 e. The molecule has 2 aromatic heterocycles. The van der Waals surface area contributed by atoms with Crippen LogP contribution in [0.25, 0.3) is 5.65 Å². The number of anilines is 1. The van der Waals surface area contributed by atoms with Crippen molar-refractivity contribution < 1.29 is 14.3 Å². The quantitative estimate of drug-likeness (QED) is 0.249. The Morgan fingerprint density at radius 3 is 2.30 bits per heavy atom. The SMILES string of the molecule is Cc1ccccc1C(=O)Nc1ccccc1OCC(=O)NC(C)(C)C(C)(C)c1nnc2c(Cl)c(C(C)(C)C)[nH]n12. The Morgan fingerprint density at radius 2 is 1.62 bits per heavy atom. The number of para-hydroxylation sites is 2. The second-order valence-electron chi connectivity index (χ2n) is 12.1. The summed E-state index contributed by atoms with van der Waals surface area (Å²) in [5.74, 6) is 0.459. The van der Waals surface area contributed by atoms with Crippen LogP contribution in [0.2, 0.25) is 5.02 Å². The largest absolute Gasteiger partial charge is 0.482 e. The van der Waals surface area contributed by atoms with Gasteiger partial charge in [0.15, 0.2) is 18.1 Å². The number of benzene rings is 2. The number of carbonyl (C=O) groups excluding carboxylic acids is 2. The Hall–Kier alpha value is -3.85. The predicted octanol–water partition coefficient (Wildman–Crippen LogP) is 5.82. The van der Waals surface area contributed by atoms with Gasteiger partial charge in [0.05, 0.1) is 11.4 Å². The molecule has 0 saturated carbocycles. The molecule has 4 rings (SSSR count). The number of halogens is 1. The Balaban J connectivity index is 1.48. The van der Waals surface area contributed by atoms with Crippen molar-refractivity contribution in [3.05, 3.63) is 76.2 Å². The molecule has 40 heavy (non-hydrogen) atoms. The molecule has 9 nitrogen and oxygen atoms in total. The van der Waals surface area contributed by atoms with Crippen LogP contribution in [-0.4, -0.2) is 43.8 Å². The maximum atomic E-state index is 13.1. The Bertz CT molecular complexity index is 1560. The lowest BCUT2D eigenvalue weighted by Crippen LogP contribution is -2.57. The van der Waals surface area contributed by atoms with Gasteiger partial charge in [0, 0.05) is 21.9 Å². The second kappa shape index (κ2) is 10.6. The summed E-state index contributed by atoms with van der Waals surface area (Å²) in [4.78, 5) is 25.9. The van der Waals surface area contributed by atoms with Crippen molar-refractivity contribution in [1.29, 1.82) is 0 Å². The third-order valence-corrected chi connectivity index (χ3v) is 7.87. The van der Waals surface area contributed by atoms with Crippen LogP contribution in [0.1, 0.15) is 75.9 Å². The number of nitrogens with zero attached hydrogens (tertiary/aromatic N) is 3. The number of aryl methyl sites for hydroxylation is 1. The molecule has 0 spiro atoms. The number of fused-ring (bicyclic) bond motifs is 1. The summed E-state index contributed by atoms with van der Waals surface area (Å²) in [5, 5.41) is 18.6. The first kappa shape index (κ1) is 29.1. The maximum Gasteiger partial charge on any atom is 0.258 e. The van der Waals surface area contributed by atoms with Crippen LogP contribution in [-0.2, 0) is 15.6 Å². The van der Waals surface area contributed by atoms with E-state index >= 15 is 0 Å². The van der Waals surface area contributed by atoms with Crippen molar-refractivity contribution in [1.82, 2.24) is 25.1 Å². The fourth-order valence-electron chi connectivity index (χ4n) is 4.38. The second-order valence-corrected chi connectivity index (χ2v) is 12.5. The minimum atomic E-state index is -0.755. The topological polar surface area (TPSA) is 113 Å². The van der Waals surface area contributed by atoms with Crippen molar-refractivity contribution in [3.8, 4) is 5.75 Å². The van der Waals surface area contributed by atoms with E-state index in [4.69, 9.17) is 16.3 Å². The minimum absolute atomic E-state index is 0.212. The third-order valence-electron chi connectivity index (χ3n) is 7.51. The van der Waals surface area contributed by atoms with Crippen molar-refractivity contribution >= 4 is 34.7 Å². The highest BCUT2D eigenvalue weighted by Gasteiger charge is 2.44. The molecule has 10 heteroatoms. The van der Waals surface area contributed by atoms with Crippen LogP contribution in [0.15, 0.2) is 48.5 Å². The van der Waals surface area contributed by atoms with Crippen LogP contribution in [0, 0.1) is 6.92 Å². The molecule has 0 saturated heterocycles. The first-order valence-electron chi connectivity index (χ1n) is 13.2. The molecule has 212 valence electrons. The number of nitrogens with one attached hydrogen (secondary N) is 3. The highest BCUT2D eigenvalue weighted by molar-refractivity contribution is 6.34. The van der Waals surface area contributed by atoms with Crippen LogP contribution in [0.3, 0.4) is 0 Å². The lowest BCUT2D eigenvalue weighted by atomic mass is 9.73. The summed E-state index contributed by atoms with van der Waals surface area (Å²) in [5.41, 5.74) is 1.69. The highest BCUT2D eigenvalue weighted by Crippen LogP contribution is 2.37. The number of carbonyl (C=O) groups is 2. The molecule has 3 N–H and O–H groups in total. The van der Waals surface area contributed by atoms with Crippen molar-refractivity contribution in [2.45, 2.75) is 71.8 Å². The van der Waals surface area contributed by atoms with Crippen molar-refractivity contribution in [2.24, 2.45) is 0 Å². The van der Waals surface area contributed by atoms with Gasteiger partial charge in [-0.1, -0.05) is 76.6 Å². The summed E-state index contributed by atoms with van der Waals surface area (Å²) in [7, 11) is 0. The summed E-state index contributed by atoms with van der Waals surface area (Å²) in [6, 6.07) is 14.4. The molecule has 0 radical (unpaired) electrons. The first-order chi connectivity index (χ1) is 18.6. The van der Waals surface area contributed by atoms with Gasteiger partial charge in [-0.25, -0.2) is 4.52 Å². The van der Waals surface area contributed by atoms with Gasteiger partial charge in [0.25, 0.3) is 11.8 Å². The fourth-order valence-corrected chi connectivity index (χ4v) is 4.83. The smallest absolute Gasteiger partial charge is 0.258 e.